The summed E-state index contributed by atoms with van der Waals surface area (Å²) in [5.74, 6) is -0.315. The van der Waals surface area contributed by atoms with Crippen molar-refractivity contribution in [2.75, 3.05) is 0 Å². The summed E-state index contributed by atoms with van der Waals surface area (Å²) in [5.41, 5.74) is -0.549. The molecule has 0 bridgehead atoms. The molecule has 0 saturated heterocycles. The number of benzene rings is 1. The maximum Gasteiger partial charge on any atom is 0.308 e. The van der Waals surface area contributed by atoms with E-state index in [1.54, 1.807) is 0 Å². The maximum absolute atomic E-state index is 11.9. The van der Waals surface area contributed by atoms with Gasteiger partial charge in [-0.05, 0) is 29.8 Å². The average Bonchev–Trinajstić information content (AvgIpc) is 2.29. The Morgan fingerprint density at radius 2 is 2.06 bits per heavy atom. The minimum atomic E-state index is -0.900. The number of carbonyl (C=O) groups is 2. The van der Waals surface area contributed by atoms with E-state index >= 15 is 0 Å². The molecule has 0 fully saturated rings. The fraction of sp³-hybridized carbons (Fsp3) is 0.0833. The van der Waals surface area contributed by atoms with E-state index in [1.165, 1.54) is 25.1 Å². The van der Waals surface area contributed by atoms with Crippen LogP contribution in [0.15, 0.2) is 33.7 Å². The summed E-state index contributed by atoms with van der Waals surface area (Å²) in [6.45, 7) is 1.24. The van der Waals surface area contributed by atoms with Gasteiger partial charge in [0.1, 0.15) is 23.2 Å². The molecule has 18 heavy (non-hydrogen) atoms. The van der Waals surface area contributed by atoms with Crippen molar-refractivity contribution in [3.63, 3.8) is 0 Å². The largest absolute Gasteiger partial charge is 0.463 e. The van der Waals surface area contributed by atoms with E-state index in [2.05, 4.69) is 0 Å². The molecular weight excluding hydrogens is 260 g/mol. The lowest BCUT2D eigenvalue weighted by atomic mass is 10.2. The second-order valence-electron chi connectivity index (χ2n) is 3.50. The van der Waals surface area contributed by atoms with Gasteiger partial charge in [0.15, 0.2) is 0 Å². The fourth-order valence-corrected chi connectivity index (χ4v) is 1.61. The first-order chi connectivity index (χ1) is 8.49. The summed E-state index contributed by atoms with van der Waals surface area (Å²) in [6.07, 6.45) is 1.01. The average molecular weight is 267 g/mol. The molecule has 92 valence electrons. The molecule has 0 aliphatic heterocycles. The van der Waals surface area contributed by atoms with Gasteiger partial charge in [-0.1, -0.05) is 0 Å². The van der Waals surface area contributed by atoms with Crippen LogP contribution in [0.3, 0.4) is 0 Å². The highest BCUT2D eigenvalue weighted by molar-refractivity contribution is 6.67. The summed E-state index contributed by atoms with van der Waals surface area (Å²) in [6, 6.07) is 4.28. The highest BCUT2D eigenvalue weighted by Gasteiger charge is 2.13. The molecule has 0 unspecified atom stereocenters. The normalized spacial score (nSPS) is 10.3. The molecule has 0 saturated carbocycles. The molecule has 6 heteroatoms. The van der Waals surface area contributed by atoms with Crippen molar-refractivity contribution in [1.29, 1.82) is 0 Å². The molecule has 1 heterocycles. The zero-order chi connectivity index (χ0) is 13.3. The standard InChI is InChI=1S/C12H7ClO5/c1-6(14)18-7-2-3-10-8(4-7)11(15)9(5-17-10)12(13)16/h2-5H,1H3. The zero-order valence-corrected chi connectivity index (χ0v) is 9.98. The Balaban J connectivity index is 2.66. The molecule has 0 aliphatic rings. The van der Waals surface area contributed by atoms with Crippen LogP contribution in [0.1, 0.15) is 17.3 Å². The number of carbonyl (C=O) groups excluding carboxylic acids is 2. The van der Waals surface area contributed by atoms with Crippen LogP contribution in [0.5, 0.6) is 5.75 Å². The van der Waals surface area contributed by atoms with E-state index in [1.807, 2.05) is 0 Å². The van der Waals surface area contributed by atoms with Crippen LogP contribution in [0.2, 0.25) is 0 Å². The van der Waals surface area contributed by atoms with Gasteiger partial charge in [0.2, 0.25) is 5.43 Å². The first kappa shape index (κ1) is 12.3. The van der Waals surface area contributed by atoms with Gasteiger partial charge in [-0.3, -0.25) is 14.4 Å². The molecule has 0 N–H and O–H groups in total. The summed E-state index contributed by atoms with van der Waals surface area (Å²) >= 11 is 5.25. The number of fused-ring (bicyclic) bond motifs is 1. The molecule has 2 aromatic rings. The van der Waals surface area contributed by atoms with Gasteiger partial charge in [0, 0.05) is 6.92 Å². The van der Waals surface area contributed by atoms with E-state index in [-0.39, 0.29) is 22.3 Å². The second-order valence-corrected chi connectivity index (χ2v) is 3.85. The van der Waals surface area contributed by atoms with E-state index in [9.17, 15) is 14.4 Å². The third-order valence-corrected chi connectivity index (χ3v) is 2.42. The Morgan fingerprint density at radius 1 is 1.33 bits per heavy atom. The lowest BCUT2D eigenvalue weighted by Crippen LogP contribution is -2.11. The van der Waals surface area contributed by atoms with E-state index in [0.717, 1.165) is 6.26 Å². The molecule has 0 aliphatic carbocycles. The first-order valence-corrected chi connectivity index (χ1v) is 5.30. The highest BCUT2D eigenvalue weighted by atomic mass is 35.5. The Hall–Kier alpha value is -2.14. The van der Waals surface area contributed by atoms with Gasteiger partial charge in [-0.15, -0.1) is 0 Å². The Morgan fingerprint density at radius 3 is 2.67 bits per heavy atom. The van der Waals surface area contributed by atoms with Crippen LogP contribution >= 0.6 is 11.6 Å². The third kappa shape index (κ3) is 2.26. The summed E-state index contributed by atoms with van der Waals surface area (Å²) in [5, 5.41) is -0.774. The molecule has 0 amide bonds. The number of rotatable bonds is 2. The van der Waals surface area contributed by atoms with E-state index < -0.39 is 16.6 Å². The van der Waals surface area contributed by atoms with Crippen LogP contribution in [-0.2, 0) is 4.79 Å². The van der Waals surface area contributed by atoms with Gasteiger partial charge in [-0.25, -0.2) is 0 Å². The van der Waals surface area contributed by atoms with Gasteiger partial charge < -0.3 is 9.15 Å². The topological polar surface area (TPSA) is 73.6 Å². The quantitative estimate of drug-likeness (QED) is 0.473. The summed E-state index contributed by atoms with van der Waals surface area (Å²) in [4.78, 5) is 33.7. The van der Waals surface area contributed by atoms with Crippen LogP contribution in [0.25, 0.3) is 11.0 Å². The first-order valence-electron chi connectivity index (χ1n) is 4.93. The van der Waals surface area contributed by atoms with Crippen molar-refractivity contribution >= 4 is 33.8 Å². The number of hydrogen-bond acceptors (Lipinski definition) is 5. The summed E-state index contributed by atoms with van der Waals surface area (Å²) < 4.78 is 9.94. The highest BCUT2D eigenvalue weighted by Crippen LogP contribution is 2.19. The molecule has 0 spiro atoms. The molecule has 1 aromatic heterocycles. The minimum absolute atomic E-state index is 0.125. The zero-order valence-electron chi connectivity index (χ0n) is 9.23. The van der Waals surface area contributed by atoms with Crippen molar-refractivity contribution < 1.29 is 18.7 Å². The van der Waals surface area contributed by atoms with Crippen molar-refractivity contribution in [2.24, 2.45) is 0 Å². The van der Waals surface area contributed by atoms with Crippen molar-refractivity contribution in [3.8, 4) is 5.75 Å². The van der Waals surface area contributed by atoms with Gasteiger partial charge in [-0.2, -0.15) is 0 Å². The van der Waals surface area contributed by atoms with Gasteiger partial charge in [0.25, 0.3) is 5.24 Å². The van der Waals surface area contributed by atoms with Crippen molar-refractivity contribution in [1.82, 2.24) is 0 Å². The van der Waals surface area contributed by atoms with E-state index in [4.69, 9.17) is 20.8 Å². The van der Waals surface area contributed by atoms with Crippen LogP contribution in [0.4, 0.5) is 0 Å². The number of esters is 1. The van der Waals surface area contributed by atoms with Gasteiger partial charge >= 0.3 is 5.97 Å². The predicted molar refractivity (Wildman–Crippen MR) is 64.0 cm³/mol. The third-order valence-electron chi connectivity index (χ3n) is 2.22. The van der Waals surface area contributed by atoms with Crippen LogP contribution in [0, 0.1) is 0 Å². The second kappa shape index (κ2) is 4.62. The molecule has 2 rings (SSSR count). The van der Waals surface area contributed by atoms with Crippen molar-refractivity contribution in [3.05, 3.63) is 40.2 Å². The Bertz CT molecular complexity index is 701. The van der Waals surface area contributed by atoms with Crippen LogP contribution in [-0.4, -0.2) is 11.2 Å². The van der Waals surface area contributed by atoms with Gasteiger partial charge in [0.05, 0.1) is 5.39 Å². The molecule has 5 nitrogen and oxygen atoms in total. The number of ether oxygens (including phenoxy) is 1. The predicted octanol–water partition coefficient (Wildman–Crippen LogP) is 2.10. The van der Waals surface area contributed by atoms with Crippen LogP contribution < -0.4 is 10.2 Å². The lowest BCUT2D eigenvalue weighted by molar-refractivity contribution is -0.131. The summed E-state index contributed by atoms with van der Waals surface area (Å²) in [7, 11) is 0. The molecular formula is C12H7ClO5. The molecule has 0 atom stereocenters. The molecule has 0 radical (unpaired) electrons. The fourth-order valence-electron chi connectivity index (χ4n) is 1.48. The lowest BCUT2D eigenvalue weighted by Gasteiger charge is -2.02. The van der Waals surface area contributed by atoms with E-state index in [0.29, 0.717) is 0 Å². The monoisotopic (exact) mass is 266 g/mol. The maximum atomic E-state index is 11.9. The van der Waals surface area contributed by atoms with Crippen molar-refractivity contribution in [2.45, 2.75) is 6.92 Å². The Kier molecular flexibility index (Phi) is 3.16. The smallest absolute Gasteiger partial charge is 0.308 e. The minimum Gasteiger partial charge on any atom is -0.463 e. The molecule has 1 aromatic carbocycles. The SMILES string of the molecule is CC(=O)Oc1ccc2occ(C(=O)Cl)c(=O)c2c1. The Labute approximate surface area is 106 Å². The number of hydrogen-bond donors (Lipinski definition) is 0. The number of halogens is 1.